The van der Waals surface area contributed by atoms with Crippen molar-refractivity contribution < 1.29 is 4.74 Å². The largest absolute Gasteiger partial charge is 0.494 e. The quantitative estimate of drug-likeness (QED) is 0.832. The lowest BCUT2D eigenvalue weighted by Gasteiger charge is -2.31. The first-order valence-electron chi connectivity index (χ1n) is 7.94. The summed E-state index contributed by atoms with van der Waals surface area (Å²) in [6, 6.07) is 9.13. The first kappa shape index (κ1) is 15.3. The lowest BCUT2D eigenvalue weighted by Crippen LogP contribution is -2.39. The van der Waals surface area contributed by atoms with Gasteiger partial charge < -0.3 is 10.5 Å². The molecule has 1 aromatic rings. The van der Waals surface area contributed by atoms with E-state index < -0.39 is 0 Å². The van der Waals surface area contributed by atoms with E-state index in [4.69, 9.17) is 10.5 Å². The smallest absolute Gasteiger partial charge is 0.119 e. The van der Waals surface area contributed by atoms with Gasteiger partial charge in [-0.3, -0.25) is 4.90 Å². The fourth-order valence-electron chi connectivity index (χ4n) is 3.37. The highest BCUT2D eigenvalue weighted by Gasteiger charge is 2.30. The lowest BCUT2D eigenvalue weighted by atomic mass is 10.0. The summed E-state index contributed by atoms with van der Waals surface area (Å²) in [6.45, 7) is 7.89. The van der Waals surface area contributed by atoms with Crippen molar-refractivity contribution in [1.82, 2.24) is 4.90 Å². The predicted octanol–water partition coefficient (Wildman–Crippen LogP) is 3.03. The van der Waals surface area contributed by atoms with Crippen LogP contribution in [0.4, 0.5) is 0 Å². The molecule has 0 saturated heterocycles. The number of benzene rings is 1. The molecule has 2 N–H and O–H groups in total. The predicted molar refractivity (Wildman–Crippen MR) is 83.9 cm³/mol. The molecule has 0 amide bonds. The summed E-state index contributed by atoms with van der Waals surface area (Å²) in [5.74, 6) is 1.65. The zero-order valence-corrected chi connectivity index (χ0v) is 12.8. The summed E-state index contributed by atoms with van der Waals surface area (Å²) in [5, 5.41) is 0. The molecule has 1 aliphatic carbocycles. The Morgan fingerprint density at radius 1 is 1.30 bits per heavy atom. The first-order chi connectivity index (χ1) is 9.78. The molecule has 3 nitrogen and oxygen atoms in total. The Balaban J connectivity index is 2.04. The molecule has 1 fully saturated rings. The average molecular weight is 276 g/mol. The second kappa shape index (κ2) is 7.65. The molecule has 1 saturated carbocycles. The molecule has 0 bridgehead atoms. The molecule has 2 atom stereocenters. The van der Waals surface area contributed by atoms with Crippen molar-refractivity contribution in [3.63, 3.8) is 0 Å². The van der Waals surface area contributed by atoms with Gasteiger partial charge in [-0.1, -0.05) is 25.5 Å². The van der Waals surface area contributed by atoms with Crippen molar-refractivity contribution >= 4 is 0 Å². The Hall–Kier alpha value is -1.06. The molecular weight excluding hydrogens is 248 g/mol. The second-order valence-electron chi connectivity index (χ2n) is 5.64. The van der Waals surface area contributed by atoms with Crippen LogP contribution in [-0.4, -0.2) is 30.6 Å². The van der Waals surface area contributed by atoms with Gasteiger partial charge in [0.05, 0.1) is 6.61 Å². The van der Waals surface area contributed by atoms with Gasteiger partial charge in [0.1, 0.15) is 5.75 Å². The zero-order valence-electron chi connectivity index (χ0n) is 12.8. The monoisotopic (exact) mass is 276 g/mol. The second-order valence-corrected chi connectivity index (χ2v) is 5.64. The number of hydrogen-bond donors (Lipinski definition) is 1. The molecular formula is C17H28N2O. The van der Waals surface area contributed by atoms with Crippen molar-refractivity contribution in [2.24, 2.45) is 11.7 Å². The van der Waals surface area contributed by atoms with E-state index >= 15 is 0 Å². The summed E-state index contributed by atoms with van der Waals surface area (Å²) in [7, 11) is 0. The van der Waals surface area contributed by atoms with Crippen LogP contribution in [0.5, 0.6) is 5.75 Å². The molecule has 20 heavy (non-hydrogen) atoms. The summed E-state index contributed by atoms with van der Waals surface area (Å²) >= 11 is 0. The van der Waals surface area contributed by atoms with Crippen LogP contribution in [0.3, 0.4) is 0 Å². The number of ether oxygens (including phenoxy) is 1. The van der Waals surface area contributed by atoms with Gasteiger partial charge in [-0.05, 0) is 56.5 Å². The number of nitrogens with zero attached hydrogens (tertiary/aromatic N) is 1. The van der Waals surface area contributed by atoms with E-state index in [1.165, 1.54) is 24.8 Å². The van der Waals surface area contributed by atoms with Crippen molar-refractivity contribution in [3.8, 4) is 5.75 Å². The fourth-order valence-corrected chi connectivity index (χ4v) is 3.37. The van der Waals surface area contributed by atoms with E-state index in [9.17, 15) is 0 Å². The van der Waals surface area contributed by atoms with Crippen LogP contribution in [0.1, 0.15) is 38.7 Å². The third-order valence-corrected chi connectivity index (χ3v) is 4.39. The Kier molecular flexibility index (Phi) is 5.86. The minimum atomic E-state index is 0.653. The highest BCUT2D eigenvalue weighted by atomic mass is 16.5. The van der Waals surface area contributed by atoms with Gasteiger partial charge in [-0.25, -0.2) is 0 Å². The van der Waals surface area contributed by atoms with Crippen LogP contribution in [0.15, 0.2) is 24.3 Å². The molecule has 0 aliphatic heterocycles. The highest BCUT2D eigenvalue weighted by Crippen LogP contribution is 2.30. The minimum Gasteiger partial charge on any atom is -0.494 e. The number of rotatable bonds is 7. The van der Waals surface area contributed by atoms with Crippen molar-refractivity contribution in [2.45, 2.75) is 45.7 Å². The van der Waals surface area contributed by atoms with Gasteiger partial charge in [-0.15, -0.1) is 0 Å². The molecule has 1 aromatic carbocycles. The van der Waals surface area contributed by atoms with E-state index in [-0.39, 0.29) is 0 Å². The number of hydrogen-bond acceptors (Lipinski definition) is 3. The van der Waals surface area contributed by atoms with Crippen LogP contribution in [0.25, 0.3) is 0 Å². The van der Waals surface area contributed by atoms with E-state index in [1.807, 2.05) is 13.0 Å². The normalized spacial score (nSPS) is 22.4. The van der Waals surface area contributed by atoms with Gasteiger partial charge in [0, 0.05) is 12.6 Å². The molecule has 2 rings (SSSR count). The summed E-state index contributed by atoms with van der Waals surface area (Å²) < 4.78 is 5.59. The van der Waals surface area contributed by atoms with Crippen molar-refractivity contribution in [3.05, 3.63) is 29.8 Å². The third kappa shape index (κ3) is 3.74. The Labute approximate surface area is 123 Å². The summed E-state index contributed by atoms with van der Waals surface area (Å²) in [5.41, 5.74) is 7.26. The maximum atomic E-state index is 5.93. The molecule has 0 heterocycles. The van der Waals surface area contributed by atoms with Crippen LogP contribution >= 0.6 is 0 Å². The Bertz CT molecular complexity index is 408. The van der Waals surface area contributed by atoms with Crippen LogP contribution in [-0.2, 0) is 6.54 Å². The van der Waals surface area contributed by atoms with E-state index in [1.54, 1.807) is 0 Å². The highest BCUT2D eigenvalue weighted by molar-refractivity contribution is 5.28. The van der Waals surface area contributed by atoms with E-state index in [0.29, 0.717) is 12.0 Å². The maximum absolute atomic E-state index is 5.93. The summed E-state index contributed by atoms with van der Waals surface area (Å²) in [6.07, 6.45) is 3.90. The van der Waals surface area contributed by atoms with Gasteiger partial charge in [0.25, 0.3) is 0 Å². The lowest BCUT2D eigenvalue weighted by molar-refractivity contribution is 0.162. The molecule has 2 unspecified atom stereocenters. The van der Waals surface area contributed by atoms with Gasteiger partial charge in [-0.2, -0.15) is 0 Å². The van der Waals surface area contributed by atoms with Crippen LogP contribution in [0, 0.1) is 5.92 Å². The van der Waals surface area contributed by atoms with Crippen molar-refractivity contribution in [2.75, 3.05) is 19.7 Å². The maximum Gasteiger partial charge on any atom is 0.119 e. The number of nitrogens with two attached hydrogens (primary N) is 1. The Morgan fingerprint density at radius 3 is 2.85 bits per heavy atom. The van der Waals surface area contributed by atoms with Crippen LogP contribution in [0.2, 0.25) is 0 Å². The SMILES string of the molecule is CCOc1cccc(CN(CC)C2CCCC2CN)c1. The van der Waals surface area contributed by atoms with E-state index in [0.717, 1.165) is 32.0 Å². The van der Waals surface area contributed by atoms with Gasteiger partial charge in [0.2, 0.25) is 0 Å². The Morgan fingerprint density at radius 2 is 2.15 bits per heavy atom. The summed E-state index contributed by atoms with van der Waals surface area (Å²) in [4.78, 5) is 2.58. The molecule has 0 spiro atoms. The molecule has 112 valence electrons. The van der Waals surface area contributed by atoms with Gasteiger partial charge >= 0.3 is 0 Å². The first-order valence-corrected chi connectivity index (χ1v) is 7.94. The van der Waals surface area contributed by atoms with Crippen LogP contribution < -0.4 is 10.5 Å². The van der Waals surface area contributed by atoms with E-state index in [2.05, 4.69) is 30.0 Å². The van der Waals surface area contributed by atoms with Crippen molar-refractivity contribution in [1.29, 1.82) is 0 Å². The zero-order chi connectivity index (χ0) is 14.4. The molecule has 3 heteroatoms. The molecule has 0 radical (unpaired) electrons. The minimum absolute atomic E-state index is 0.653. The van der Waals surface area contributed by atoms with Gasteiger partial charge in [0.15, 0.2) is 0 Å². The molecule has 0 aromatic heterocycles. The topological polar surface area (TPSA) is 38.5 Å². The molecule has 1 aliphatic rings. The fraction of sp³-hybridized carbons (Fsp3) is 0.647. The average Bonchev–Trinajstić information content (AvgIpc) is 2.94. The standard InChI is InChI=1S/C17H28N2O/c1-3-19(17-10-6-8-15(17)12-18)13-14-7-5-9-16(11-14)20-4-2/h5,7,9,11,15,17H,3-4,6,8,10,12-13,18H2,1-2H3. The third-order valence-electron chi connectivity index (χ3n) is 4.39.